The average molecular weight is 481 g/mol. The van der Waals surface area contributed by atoms with E-state index in [-0.39, 0.29) is 17.7 Å². The quantitative estimate of drug-likeness (QED) is 0.651. The van der Waals surface area contributed by atoms with Gasteiger partial charge in [0.1, 0.15) is 11.5 Å². The molecule has 0 N–H and O–H groups in total. The Morgan fingerprint density at radius 1 is 0.914 bits per heavy atom. The van der Waals surface area contributed by atoms with Gasteiger partial charge in [-0.2, -0.15) is 0 Å². The van der Waals surface area contributed by atoms with Crippen LogP contribution < -0.4 is 14.4 Å². The van der Waals surface area contributed by atoms with Gasteiger partial charge in [0.2, 0.25) is 11.8 Å². The maximum Gasteiger partial charge on any atom is 0.228 e. The van der Waals surface area contributed by atoms with E-state index in [1.165, 1.54) is 0 Å². The van der Waals surface area contributed by atoms with Gasteiger partial charge in [-0.05, 0) is 48.4 Å². The molecule has 3 aliphatic rings. The van der Waals surface area contributed by atoms with Crippen molar-refractivity contribution in [1.82, 2.24) is 4.90 Å². The molecular formula is C27H32N2O6. The number of carbonyl (C=O) groups is 2. The molecule has 186 valence electrons. The first-order valence-corrected chi connectivity index (χ1v) is 12.2. The van der Waals surface area contributed by atoms with Crippen molar-refractivity contribution in [2.45, 2.75) is 37.5 Å². The average Bonchev–Trinajstić information content (AvgIpc) is 3.36. The molecule has 2 aromatic carbocycles. The van der Waals surface area contributed by atoms with E-state index >= 15 is 0 Å². The van der Waals surface area contributed by atoms with Crippen LogP contribution in [0.2, 0.25) is 0 Å². The number of nitrogens with zero attached hydrogens (tertiary/aromatic N) is 2. The first kappa shape index (κ1) is 23.6. The van der Waals surface area contributed by atoms with Gasteiger partial charge in [-0.15, -0.1) is 0 Å². The Kier molecular flexibility index (Phi) is 6.67. The third-order valence-corrected chi connectivity index (χ3v) is 7.37. The molecule has 3 aliphatic heterocycles. The van der Waals surface area contributed by atoms with Crippen LogP contribution in [0.5, 0.6) is 11.5 Å². The molecule has 0 bridgehead atoms. The van der Waals surface area contributed by atoms with Gasteiger partial charge >= 0.3 is 0 Å². The predicted octanol–water partition coefficient (Wildman–Crippen LogP) is 3.55. The fourth-order valence-electron chi connectivity index (χ4n) is 5.47. The zero-order valence-electron chi connectivity index (χ0n) is 20.3. The predicted molar refractivity (Wildman–Crippen MR) is 129 cm³/mol. The molecule has 0 unspecified atom stereocenters. The minimum atomic E-state index is -0.538. The first-order valence-electron chi connectivity index (χ1n) is 12.2. The van der Waals surface area contributed by atoms with Crippen LogP contribution in [0.3, 0.4) is 0 Å². The second-order valence-corrected chi connectivity index (χ2v) is 9.26. The third kappa shape index (κ3) is 4.60. The maximum absolute atomic E-state index is 13.9. The highest BCUT2D eigenvalue weighted by molar-refractivity contribution is 5.97. The SMILES string of the molecule is COc1ccc([C@H]2[C@@H](C(=O)N3CCC4(CC3)OCCO4)CCC(=O)N2c2ccc(OC)cc2)cc1. The number of benzene rings is 2. The standard InChI is InChI=1S/C27H32N2O6/c1-32-21-7-3-19(4-8-21)25-23(26(31)28-15-13-27(14-16-28)34-17-18-35-27)11-12-24(30)29(25)20-5-9-22(33-2)10-6-20/h3-10,23,25H,11-18H2,1-2H3/t23-,25-/m0/s1. The first-order chi connectivity index (χ1) is 17.0. The normalized spacial score (nSPS) is 24.0. The van der Waals surface area contributed by atoms with Crippen molar-refractivity contribution in [2.24, 2.45) is 5.92 Å². The van der Waals surface area contributed by atoms with E-state index in [9.17, 15) is 9.59 Å². The summed E-state index contributed by atoms with van der Waals surface area (Å²) in [6, 6.07) is 14.7. The summed E-state index contributed by atoms with van der Waals surface area (Å²) < 4.78 is 22.3. The molecule has 0 radical (unpaired) electrons. The number of methoxy groups -OCH3 is 2. The van der Waals surface area contributed by atoms with E-state index in [2.05, 4.69) is 0 Å². The molecule has 8 nitrogen and oxygen atoms in total. The van der Waals surface area contributed by atoms with Crippen LogP contribution in [0.15, 0.2) is 48.5 Å². The number of amides is 2. The highest BCUT2D eigenvalue weighted by Gasteiger charge is 2.46. The van der Waals surface area contributed by atoms with Crippen molar-refractivity contribution in [1.29, 1.82) is 0 Å². The largest absolute Gasteiger partial charge is 0.497 e. The fourth-order valence-corrected chi connectivity index (χ4v) is 5.47. The Morgan fingerprint density at radius 2 is 1.49 bits per heavy atom. The number of likely N-dealkylation sites (tertiary alicyclic amines) is 1. The van der Waals surface area contributed by atoms with Crippen LogP contribution in [0, 0.1) is 5.92 Å². The molecule has 2 amide bonds. The summed E-state index contributed by atoms with van der Waals surface area (Å²) in [4.78, 5) is 30.9. The van der Waals surface area contributed by atoms with Gasteiger partial charge in [-0.3, -0.25) is 9.59 Å². The molecule has 2 atom stereocenters. The Hall–Kier alpha value is -3.10. The highest BCUT2D eigenvalue weighted by atomic mass is 16.7. The monoisotopic (exact) mass is 480 g/mol. The Balaban J connectivity index is 1.46. The van der Waals surface area contributed by atoms with Crippen LogP contribution in [0.4, 0.5) is 5.69 Å². The summed E-state index contributed by atoms with van der Waals surface area (Å²) in [6.07, 6.45) is 2.16. The van der Waals surface area contributed by atoms with E-state index in [0.717, 1.165) is 17.0 Å². The summed E-state index contributed by atoms with van der Waals surface area (Å²) >= 11 is 0. The molecular weight excluding hydrogens is 448 g/mol. The van der Waals surface area contributed by atoms with Crippen molar-refractivity contribution in [3.8, 4) is 11.5 Å². The minimum absolute atomic E-state index is 0.00499. The lowest BCUT2D eigenvalue weighted by Gasteiger charge is -2.44. The van der Waals surface area contributed by atoms with Gasteiger partial charge in [0.15, 0.2) is 5.79 Å². The number of ether oxygens (including phenoxy) is 4. The minimum Gasteiger partial charge on any atom is -0.497 e. The summed E-state index contributed by atoms with van der Waals surface area (Å²) in [5.74, 6) is 0.625. The Morgan fingerprint density at radius 3 is 2.06 bits per heavy atom. The van der Waals surface area contributed by atoms with Gasteiger partial charge in [0.05, 0.1) is 39.4 Å². The number of rotatable bonds is 5. The van der Waals surface area contributed by atoms with E-state index in [0.29, 0.717) is 57.7 Å². The fraction of sp³-hybridized carbons (Fsp3) is 0.481. The number of carbonyl (C=O) groups excluding carboxylic acids is 2. The third-order valence-electron chi connectivity index (χ3n) is 7.37. The molecule has 3 fully saturated rings. The molecule has 0 aromatic heterocycles. The summed E-state index contributed by atoms with van der Waals surface area (Å²) in [5, 5.41) is 0. The number of hydrogen-bond donors (Lipinski definition) is 0. The lowest BCUT2D eigenvalue weighted by atomic mass is 9.82. The molecule has 0 aliphatic carbocycles. The molecule has 0 saturated carbocycles. The second-order valence-electron chi connectivity index (χ2n) is 9.26. The molecule has 35 heavy (non-hydrogen) atoms. The number of hydrogen-bond acceptors (Lipinski definition) is 6. The lowest BCUT2D eigenvalue weighted by Crippen LogP contribution is -2.53. The van der Waals surface area contributed by atoms with E-state index in [4.69, 9.17) is 18.9 Å². The molecule has 3 heterocycles. The van der Waals surface area contributed by atoms with Crippen LogP contribution in [0.1, 0.15) is 37.3 Å². The topological polar surface area (TPSA) is 77.5 Å². The second kappa shape index (κ2) is 9.87. The van der Waals surface area contributed by atoms with Crippen LogP contribution >= 0.6 is 0 Å². The van der Waals surface area contributed by atoms with Gasteiger partial charge in [-0.1, -0.05) is 12.1 Å². The van der Waals surface area contributed by atoms with Crippen molar-refractivity contribution in [3.05, 3.63) is 54.1 Å². The van der Waals surface area contributed by atoms with E-state index < -0.39 is 11.8 Å². The van der Waals surface area contributed by atoms with Gasteiger partial charge in [-0.25, -0.2) is 0 Å². The smallest absolute Gasteiger partial charge is 0.228 e. The number of anilines is 1. The lowest BCUT2D eigenvalue weighted by molar-refractivity contribution is -0.188. The van der Waals surface area contributed by atoms with Crippen molar-refractivity contribution in [3.63, 3.8) is 0 Å². The van der Waals surface area contributed by atoms with Crippen LogP contribution in [-0.2, 0) is 19.1 Å². The van der Waals surface area contributed by atoms with Gasteiger partial charge < -0.3 is 28.7 Å². The molecule has 5 rings (SSSR count). The van der Waals surface area contributed by atoms with E-state index in [1.54, 1.807) is 19.1 Å². The summed E-state index contributed by atoms with van der Waals surface area (Å²) in [7, 11) is 3.23. The summed E-state index contributed by atoms with van der Waals surface area (Å²) in [5.41, 5.74) is 1.66. The van der Waals surface area contributed by atoms with Crippen LogP contribution in [-0.4, -0.2) is 63.0 Å². The molecule has 8 heteroatoms. The van der Waals surface area contributed by atoms with Crippen molar-refractivity contribution >= 4 is 17.5 Å². The molecule has 2 aromatic rings. The molecule has 3 saturated heterocycles. The maximum atomic E-state index is 13.9. The zero-order chi connectivity index (χ0) is 24.4. The highest BCUT2D eigenvalue weighted by Crippen LogP contribution is 2.42. The zero-order valence-corrected chi connectivity index (χ0v) is 20.3. The van der Waals surface area contributed by atoms with Gasteiger partial charge in [0.25, 0.3) is 0 Å². The number of piperidine rings is 2. The van der Waals surface area contributed by atoms with Crippen molar-refractivity contribution in [2.75, 3.05) is 45.4 Å². The van der Waals surface area contributed by atoms with Crippen molar-refractivity contribution < 1.29 is 28.5 Å². The Bertz CT molecular complexity index is 1040. The van der Waals surface area contributed by atoms with Gasteiger partial charge in [0, 0.05) is 38.0 Å². The molecule has 1 spiro atoms. The summed E-state index contributed by atoms with van der Waals surface area (Å²) in [6.45, 7) is 2.38. The van der Waals surface area contributed by atoms with Crippen LogP contribution in [0.25, 0.3) is 0 Å². The Labute approximate surface area is 205 Å². The van der Waals surface area contributed by atoms with E-state index in [1.807, 2.05) is 53.4 Å².